The van der Waals surface area contributed by atoms with Crippen molar-refractivity contribution in [2.75, 3.05) is 19.5 Å². The van der Waals surface area contributed by atoms with Crippen LogP contribution in [0.3, 0.4) is 0 Å². The van der Waals surface area contributed by atoms with Gasteiger partial charge < -0.3 is 20.5 Å². The van der Waals surface area contributed by atoms with E-state index in [0.717, 1.165) is 16.7 Å². The molecular formula is C23H25N5O3. The molecule has 4 rings (SSSR count). The van der Waals surface area contributed by atoms with Gasteiger partial charge in [-0.25, -0.2) is 4.68 Å². The minimum absolute atomic E-state index is 0.413. The number of methoxy groups -OCH3 is 2. The number of ether oxygens (including phenoxy) is 2. The Kier molecular flexibility index (Phi) is 5.14. The van der Waals surface area contributed by atoms with Crippen LogP contribution in [0.2, 0.25) is 0 Å². The Morgan fingerprint density at radius 2 is 1.77 bits per heavy atom. The van der Waals surface area contributed by atoms with Crippen LogP contribution < -0.4 is 20.5 Å². The van der Waals surface area contributed by atoms with Crippen molar-refractivity contribution in [1.29, 1.82) is 0 Å². The summed E-state index contributed by atoms with van der Waals surface area (Å²) in [6.07, 6.45) is 0. The predicted molar refractivity (Wildman–Crippen MR) is 118 cm³/mol. The Bertz CT molecular complexity index is 1210. The Hall–Kier alpha value is -3.81. The summed E-state index contributed by atoms with van der Waals surface area (Å²) in [5.74, 6) is 1.72. The standard InChI is InChI=1S/C23H25N5O3/c1-12-6-7-16(10-13(12)2)22-26-23-25-14(3)19(21(24)29)20(28(23)27-22)15-8-9-17(30-4)18(11-15)31-5/h6-11,20H,1-5H3,(H2,24,29)(H,25,26,27). The van der Waals surface area contributed by atoms with Gasteiger partial charge in [0.05, 0.1) is 19.8 Å². The smallest absolute Gasteiger partial charge is 0.248 e. The van der Waals surface area contributed by atoms with E-state index < -0.39 is 11.9 Å². The molecule has 1 atom stereocenters. The number of nitrogens with one attached hydrogen (secondary N) is 1. The third kappa shape index (κ3) is 3.50. The van der Waals surface area contributed by atoms with Gasteiger partial charge in [-0.2, -0.15) is 4.98 Å². The first-order valence-electron chi connectivity index (χ1n) is 9.87. The van der Waals surface area contributed by atoms with E-state index in [1.54, 1.807) is 25.0 Å². The van der Waals surface area contributed by atoms with Gasteiger partial charge in [-0.3, -0.25) is 4.79 Å². The van der Waals surface area contributed by atoms with Gasteiger partial charge in [0.25, 0.3) is 0 Å². The quantitative estimate of drug-likeness (QED) is 0.657. The van der Waals surface area contributed by atoms with Gasteiger partial charge in [-0.15, -0.1) is 5.10 Å². The van der Waals surface area contributed by atoms with E-state index in [4.69, 9.17) is 20.3 Å². The Labute approximate surface area is 180 Å². The number of allylic oxidation sites excluding steroid dienone is 1. The van der Waals surface area contributed by atoms with E-state index in [2.05, 4.69) is 30.2 Å². The molecule has 0 saturated heterocycles. The molecule has 0 spiro atoms. The lowest BCUT2D eigenvalue weighted by molar-refractivity contribution is -0.115. The predicted octanol–water partition coefficient (Wildman–Crippen LogP) is 3.35. The zero-order valence-corrected chi connectivity index (χ0v) is 18.2. The fourth-order valence-electron chi connectivity index (χ4n) is 3.80. The van der Waals surface area contributed by atoms with Crippen LogP contribution in [-0.2, 0) is 4.79 Å². The summed E-state index contributed by atoms with van der Waals surface area (Å²) in [5, 5.41) is 7.91. The van der Waals surface area contributed by atoms with Gasteiger partial charge in [-0.05, 0) is 55.7 Å². The van der Waals surface area contributed by atoms with Crippen LogP contribution in [0, 0.1) is 13.8 Å². The first-order valence-corrected chi connectivity index (χ1v) is 9.87. The van der Waals surface area contributed by atoms with Crippen molar-refractivity contribution < 1.29 is 14.3 Å². The molecule has 3 N–H and O–H groups in total. The number of aryl methyl sites for hydroxylation is 2. The molecule has 0 aliphatic carbocycles. The number of anilines is 1. The molecule has 2 aromatic carbocycles. The van der Waals surface area contributed by atoms with Gasteiger partial charge in [0.1, 0.15) is 6.04 Å². The molecule has 8 heteroatoms. The number of nitrogens with zero attached hydrogens (tertiary/aromatic N) is 3. The average molecular weight is 419 g/mol. The maximum absolute atomic E-state index is 12.4. The molecule has 160 valence electrons. The zero-order valence-electron chi connectivity index (χ0n) is 18.2. The monoisotopic (exact) mass is 419 g/mol. The highest BCUT2D eigenvalue weighted by molar-refractivity contribution is 5.95. The summed E-state index contributed by atoms with van der Waals surface area (Å²) >= 11 is 0. The molecule has 1 unspecified atom stereocenters. The van der Waals surface area contributed by atoms with Crippen LogP contribution in [-0.4, -0.2) is 34.9 Å². The molecule has 0 saturated carbocycles. The molecule has 0 bridgehead atoms. The molecule has 0 fully saturated rings. The summed E-state index contributed by atoms with van der Waals surface area (Å²) < 4.78 is 12.5. The highest BCUT2D eigenvalue weighted by Gasteiger charge is 2.34. The van der Waals surface area contributed by atoms with Crippen LogP contribution in [0.4, 0.5) is 5.95 Å². The van der Waals surface area contributed by atoms with Crippen LogP contribution in [0.1, 0.15) is 29.7 Å². The summed E-state index contributed by atoms with van der Waals surface area (Å²) in [4.78, 5) is 17.1. The highest BCUT2D eigenvalue weighted by Crippen LogP contribution is 2.39. The van der Waals surface area contributed by atoms with E-state index in [9.17, 15) is 4.79 Å². The molecule has 3 aromatic rings. The molecule has 1 aromatic heterocycles. The number of amides is 1. The largest absolute Gasteiger partial charge is 0.493 e. The normalized spacial score (nSPS) is 15.3. The summed E-state index contributed by atoms with van der Waals surface area (Å²) in [7, 11) is 3.14. The SMILES string of the molecule is COc1ccc(C2C(C(N)=O)=C(C)Nc3nc(-c4ccc(C)c(C)c4)nn32)cc1OC. The Morgan fingerprint density at radius 3 is 2.42 bits per heavy atom. The number of carbonyl (C=O) groups is 1. The third-order valence-electron chi connectivity index (χ3n) is 5.61. The van der Waals surface area contributed by atoms with Gasteiger partial charge in [0.2, 0.25) is 11.9 Å². The lowest BCUT2D eigenvalue weighted by Gasteiger charge is -2.28. The number of carbonyl (C=O) groups excluding carboxylic acids is 1. The molecule has 8 nitrogen and oxygen atoms in total. The molecular weight excluding hydrogens is 394 g/mol. The van der Waals surface area contributed by atoms with Crippen LogP contribution >= 0.6 is 0 Å². The van der Waals surface area contributed by atoms with E-state index in [0.29, 0.717) is 34.5 Å². The molecule has 2 heterocycles. The topological polar surface area (TPSA) is 104 Å². The van der Waals surface area contributed by atoms with E-state index in [1.165, 1.54) is 5.56 Å². The van der Waals surface area contributed by atoms with Crippen molar-refractivity contribution in [2.45, 2.75) is 26.8 Å². The number of fused-ring (bicyclic) bond motifs is 1. The van der Waals surface area contributed by atoms with Crippen molar-refractivity contribution >= 4 is 11.9 Å². The Morgan fingerprint density at radius 1 is 1.03 bits per heavy atom. The van der Waals surface area contributed by atoms with Crippen molar-refractivity contribution in [2.24, 2.45) is 5.73 Å². The zero-order chi connectivity index (χ0) is 22.3. The minimum Gasteiger partial charge on any atom is -0.493 e. The number of aromatic nitrogens is 3. The summed E-state index contributed by atoms with van der Waals surface area (Å²) in [6, 6.07) is 11.0. The lowest BCUT2D eigenvalue weighted by atomic mass is 9.95. The van der Waals surface area contributed by atoms with Gasteiger partial charge >= 0.3 is 0 Å². The number of primary amides is 1. The lowest BCUT2D eigenvalue weighted by Crippen LogP contribution is -2.31. The first kappa shape index (κ1) is 20.5. The van der Waals surface area contributed by atoms with Gasteiger partial charge in [0.15, 0.2) is 17.3 Å². The van der Waals surface area contributed by atoms with Crippen molar-refractivity contribution in [3.8, 4) is 22.9 Å². The van der Waals surface area contributed by atoms with Crippen LogP contribution in [0.15, 0.2) is 47.7 Å². The van der Waals surface area contributed by atoms with Crippen molar-refractivity contribution in [3.63, 3.8) is 0 Å². The van der Waals surface area contributed by atoms with E-state index in [1.807, 2.05) is 31.2 Å². The second-order valence-electron chi connectivity index (χ2n) is 7.55. The number of hydrogen-bond acceptors (Lipinski definition) is 6. The number of benzene rings is 2. The van der Waals surface area contributed by atoms with Crippen LogP contribution in [0.25, 0.3) is 11.4 Å². The third-order valence-corrected chi connectivity index (χ3v) is 5.61. The highest BCUT2D eigenvalue weighted by atomic mass is 16.5. The molecule has 31 heavy (non-hydrogen) atoms. The molecule has 1 aliphatic heterocycles. The van der Waals surface area contributed by atoms with Gasteiger partial charge in [0, 0.05) is 11.3 Å². The first-order chi connectivity index (χ1) is 14.8. The summed E-state index contributed by atoms with van der Waals surface area (Å²) in [6.45, 7) is 5.92. The van der Waals surface area contributed by atoms with Gasteiger partial charge in [-0.1, -0.05) is 18.2 Å². The Balaban J connectivity index is 1.88. The molecule has 1 aliphatic rings. The number of nitrogens with two attached hydrogens (primary N) is 1. The second kappa shape index (κ2) is 7.79. The summed E-state index contributed by atoms with van der Waals surface area (Å²) in [5.41, 5.74) is 10.9. The second-order valence-corrected chi connectivity index (χ2v) is 7.55. The average Bonchev–Trinajstić information content (AvgIpc) is 3.17. The van der Waals surface area contributed by atoms with Crippen molar-refractivity contribution in [3.05, 3.63) is 64.4 Å². The maximum Gasteiger partial charge on any atom is 0.248 e. The van der Waals surface area contributed by atoms with Crippen molar-refractivity contribution in [1.82, 2.24) is 14.8 Å². The maximum atomic E-state index is 12.4. The number of hydrogen-bond donors (Lipinski definition) is 2. The molecule has 1 amide bonds. The van der Waals surface area contributed by atoms with E-state index >= 15 is 0 Å². The van der Waals surface area contributed by atoms with Crippen LogP contribution in [0.5, 0.6) is 11.5 Å². The fourth-order valence-corrected chi connectivity index (χ4v) is 3.80. The van der Waals surface area contributed by atoms with E-state index in [-0.39, 0.29) is 0 Å². The number of rotatable bonds is 5. The minimum atomic E-state index is -0.554. The molecule has 0 radical (unpaired) electrons. The fraction of sp³-hybridized carbons (Fsp3) is 0.261.